The number of aliphatic hydroxyl groups excluding tert-OH is 1. The van der Waals surface area contributed by atoms with Gasteiger partial charge in [-0.3, -0.25) is 19.2 Å². The van der Waals surface area contributed by atoms with Crippen molar-refractivity contribution in [3.8, 4) is 0 Å². The Morgan fingerprint density at radius 1 is 1.00 bits per heavy atom. The average Bonchev–Trinajstić information content (AvgIpc) is 3.45. The molecule has 2 aliphatic carbocycles. The van der Waals surface area contributed by atoms with E-state index in [1.807, 2.05) is 54.5 Å². The molecule has 0 unspecified atom stereocenters. The molecule has 4 rings (SSSR count). The van der Waals surface area contributed by atoms with E-state index in [1.165, 1.54) is 7.11 Å². The number of methoxy groups -OCH3 is 1. The van der Waals surface area contributed by atoms with Crippen LogP contribution in [0.2, 0.25) is 0 Å². The van der Waals surface area contributed by atoms with Gasteiger partial charge < -0.3 is 19.7 Å². The number of ether oxygens (including phenoxy) is 2. The molecular weight excluding hydrogens is 656 g/mol. The molecule has 50 heavy (non-hydrogen) atoms. The summed E-state index contributed by atoms with van der Waals surface area (Å²) >= 11 is 7.01. The second kappa shape index (κ2) is 16.0. The van der Waals surface area contributed by atoms with Crippen molar-refractivity contribution in [3.63, 3.8) is 0 Å². The lowest BCUT2D eigenvalue weighted by molar-refractivity contribution is -0.167. The van der Waals surface area contributed by atoms with E-state index in [0.29, 0.717) is 37.7 Å². The molecule has 1 saturated heterocycles. The van der Waals surface area contributed by atoms with Crippen LogP contribution in [0, 0.1) is 40.9 Å². The zero-order chi connectivity index (χ0) is 37.3. The summed E-state index contributed by atoms with van der Waals surface area (Å²) in [6, 6.07) is 0. The number of rotatable bonds is 2. The highest BCUT2D eigenvalue weighted by atomic mass is 35.5. The second-order valence-corrected chi connectivity index (χ2v) is 17.9. The number of Topliss-reactive ketones (excluding diaryl/α,β-unsaturated/α-hetero) is 3. The minimum Gasteiger partial charge on any atom is -0.469 e. The number of carbonyl (C=O) groups is 4. The number of aliphatic hydroxyl groups is 2. The van der Waals surface area contributed by atoms with E-state index in [-0.39, 0.29) is 72.6 Å². The number of allylic oxidation sites excluding steroid dienone is 3. The van der Waals surface area contributed by atoms with E-state index >= 15 is 0 Å². The normalized spacial score (nSPS) is 42.7. The number of ketones is 3. The van der Waals surface area contributed by atoms with Gasteiger partial charge in [-0.25, -0.2) is 0 Å². The molecule has 0 aromatic rings. The average molecular weight is 719 g/mol. The third-order valence-electron chi connectivity index (χ3n) is 12.9. The molecule has 1 saturated carbocycles. The van der Waals surface area contributed by atoms with Gasteiger partial charge in [0.25, 0.3) is 0 Å². The molecule has 11 atom stereocenters. The summed E-state index contributed by atoms with van der Waals surface area (Å²) in [5.74, 6) is -3.73. The van der Waals surface area contributed by atoms with Crippen molar-refractivity contribution in [1.82, 2.24) is 0 Å². The summed E-state index contributed by atoms with van der Waals surface area (Å²) in [6.07, 6.45) is 4.97. The van der Waals surface area contributed by atoms with Crippen LogP contribution in [0.3, 0.4) is 0 Å². The van der Waals surface area contributed by atoms with Crippen molar-refractivity contribution in [2.75, 3.05) is 7.11 Å². The summed E-state index contributed by atoms with van der Waals surface area (Å²) in [4.78, 5) is 57.5. The summed E-state index contributed by atoms with van der Waals surface area (Å²) in [5, 5.41) is 23.7. The van der Waals surface area contributed by atoms with Crippen LogP contribution >= 0.6 is 11.6 Å². The molecule has 0 spiro atoms. The van der Waals surface area contributed by atoms with Crippen LogP contribution in [0.15, 0.2) is 22.8 Å². The van der Waals surface area contributed by atoms with E-state index < -0.39 is 52.5 Å². The fourth-order valence-corrected chi connectivity index (χ4v) is 9.80. The van der Waals surface area contributed by atoms with Gasteiger partial charge in [-0.15, -0.1) is 11.6 Å². The van der Waals surface area contributed by atoms with Crippen molar-refractivity contribution in [3.05, 3.63) is 22.8 Å². The monoisotopic (exact) mass is 718 g/mol. The van der Waals surface area contributed by atoms with Crippen LogP contribution in [0.1, 0.15) is 132 Å². The molecule has 2 bridgehead atoms. The number of hydrogen-bond acceptors (Lipinski definition) is 8. The highest BCUT2D eigenvalue weighted by molar-refractivity contribution is 6.21. The predicted molar refractivity (Wildman–Crippen MR) is 195 cm³/mol. The highest BCUT2D eigenvalue weighted by Gasteiger charge is 2.60. The maximum atomic E-state index is 14.7. The smallest absolute Gasteiger partial charge is 0.313 e. The number of hydrogen-bond donors (Lipinski definition) is 2. The van der Waals surface area contributed by atoms with Crippen LogP contribution in [0.4, 0.5) is 0 Å². The molecule has 8 nitrogen and oxygen atoms in total. The van der Waals surface area contributed by atoms with Crippen LogP contribution in [-0.2, 0) is 28.7 Å². The Hall–Kier alpha value is -1.87. The lowest BCUT2D eigenvalue weighted by Crippen LogP contribution is -2.55. The minimum absolute atomic E-state index is 0.0170. The summed E-state index contributed by atoms with van der Waals surface area (Å²) in [5.41, 5.74) is -1.54. The summed E-state index contributed by atoms with van der Waals surface area (Å²) in [6.45, 7) is 15.3. The lowest BCUT2D eigenvalue weighted by atomic mass is 9.52. The zero-order valence-electron chi connectivity index (χ0n) is 32.0. The molecular formula is C41H63ClO8. The van der Waals surface area contributed by atoms with Gasteiger partial charge in [-0.1, -0.05) is 57.8 Å². The first kappa shape index (κ1) is 40.9. The molecule has 282 valence electrons. The molecule has 0 aromatic carbocycles. The lowest BCUT2D eigenvalue weighted by Gasteiger charge is -2.49. The number of carbonyl (C=O) groups excluding carboxylic acids is 4. The third kappa shape index (κ3) is 8.34. The fraction of sp³-hybridized carbons (Fsp3) is 0.805. The van der Waals surface area contributed by atoms with Gasteiger partial charge in [0, 0.05) is 49.4 Å². The zero-order valence-corrected chi connectivity index (χ0v) is 32.7. The van der Waals surface area contributed by atoms with Gasteiger partial charge in [0.1, 0.15) is 17.3 Å². The third-order valence-corrected chi connectivity index (χ3v) is 13.6. The van der Waals surface area contributed by atoms with E-state index in [0.717, 1.165) is 24.0 Å². The number of alkyl halides is 1. The van der Waals surface area contributed by atoms with Crippen molar-refractivity contribution in [1.29, 1.82) is 0 Å². The topological polar surface area (TPSA) is 127 Å². The molecule has 2 heterocycles. The van der Waals surface area contributed by atoms with Gasteiger partial charge in [0.15, 0.2) is 0 Å². The van der Waals surface area contributed by atoms with Gasteiger partial charge in [0.05, 0.1) is 41.3 Å². The van der Waals surface area contributed by atoms with Crippen LogP contribution in [0.25, 0.3) is 0 Å². The minimum atomic E-state index is -1.67. The molecule has 2 fully saturated rings. The molecule has 0 aromatic heterocycles. The van der Waals surface area contributed by atoms with Crippen molar-refractivity contribution >= 4 is 34.9 Å². The van der Waals surface area contributed by atoms with Gasteiger partial charge in [0.2, 0.25) is 0 Å². The van der Waals surface area contributed by atoms with Gasteiger partial charge in [-0.05, 0) is 83.6 Å². The Morgan fingerprint density at radius 2 is 1.68 bits per heavy atom. The van der Waals surface area contributed by atoms with Crippen molar-refractivity contribution < 1.29 is 38.9 Å². The first-order chi connectivity index (χ1) is 23.3. The largest absolute Gasteiger partial charge is 0.469 e. The van der Waals surface area contributed by atoms with E-state index in [1.54, 1.807) is 6.92 Å². The number of fused-ring (bicyclic) bond motifs is 5. The molecule has 2 N–H and O–H groups in total. The first-order valence-electron chi connectivity index (χ1n) is 19.0. The summed E-state index contributed by atoms with van der Waals surface area (Å²) in [7, 11) is 1.29. The number of esters is 1. The van der Waals surface area contributed by atoms with Crippen LogP contribution in [-0.4, -0.2) is 69.4 Å². The molecule has 2 aliphatic heterocycles. The van der Waals surface area contributed by atoms with Gasteiger partial charge in [-0.2, -0.15) is 0 Å². The van der Waals surface area contributed by atoms with Crippen LogP contribution < -0.4 is 0 Å². The predicted octanol–water partition coefficient (Wildman–Crippen LogP) is 7.49. The molecule has 4 aliphatic rings. The Labute approximate surface area is 305 Å². The standard InChI is InChI=1S/C41H63ClO8/c1-23(2)28-20-31(43)26(5)12-10-11-24(3)18-32(44)29-19-27(6)37-30(41(29,22-33(28)45)38(47)49-9)17-25(4)13-14-35(42)40(8)16-15-36(50-40)39(7,48)21-34(37)46/h17,23-24,26,28-30,34-36,46,48H,10-16,18-22H2,1-9H3/b25-17+/t24-,26+,28-,29+,30-,34+,35-,36-,39-,40-,41+/m0/s1. The second-order valence-electron chi connectivity index (χ2n) is 17.3. The molecule has 0 amide bonds. The first-order valence-corrected chi connectivity index (χ1v) is 19.5. The fourth-order valence-electron chi connectivity index (χ4n) is 9.53. The molecule has 0 radical (unpaired) electrons. The number of halogens is 1. The van der Waals surface area contributed by atoms with Gasteiger partial charge >= 0.3 is 5.97 Å². The van der Waals surface area contributed by atoms with Crippen molar-refractivity contribution in [2.24, 2.45) is 40.9 Å². The quantitative estimate of drug-likeness (QED) is 0.171. The van der Waals surface area contributed by atoms with E-state index in [4.69, 9.17) is 21.1 Å². The van der Waals surface area contributed by atoms with E-state index in [9.17, 15) is 29.4 Å². The Balaban J connectivity index is 1.98. The maximum absolute atomic E-state index is 14.7. The van der Waals surface area contributed by atoms with E-state index in [2.05, 4.69) is 0 Å². The summed E-state index contributed by atoms with van der Waals surface area (Å²) < 4.78 is 12.1. The molecule has 9 heteroatoms. The van der Waals surface area contributed by atoms with Crippen LogP contribution in [0.5, 0.6) is 0 Å². The maximum Gasteiger partial charge on any atom is 0.313 e. The van der Waals surface area contributed by atoms with Crippen molar-refractivity contribution in [2.45, 2.75) is 161 Å². The SMILES string of the molecule is COC(=O)[C@]12CC(=O)[C@H](C(C)C)CC(=O)[C@H](C)CCC[C@H](C)CC(=O)[C@H]1CC(C)=C1[C@H](O)C[C@](C)(O)[C@@H]3CC[C@](C)(O3)[C@@H](Cl)CC/C(C)=C/[C@@H]12. The highest BCUT2D eigenvalue weighted by Crippen LogP contribution is 2.56. The Morgan fingerprint density at radius 3 is 2.32 bits per heavy atom. The Kier molecular flexibility index (Phi) is 13.1. The Bertz CT molecular complexity index is 1360.